The number of hydrogen-bond acceptors (Lipinski definition) is 2. The van der Waals surface area contributed by atoms with E-state index in [-0.39, 0.29) is 11.5 Å². The number of rotatable bonds is 4. The van der Waals surface area contributed by atoms with Crippen molar-refractivity contribution in [1.82, 2.24) is 10.6 Å². The number of amides is 2. The van der Waals surface area contributed by atoms with Crippen LogP contribution in [0, 0.1) is 23.2 Å². The van der Waals surface area contributed by atoms with E-state index in [9.17, 15) is 9.59 Å². The van der Waals surface area contributed by atoms with Gasteiger partial charge in [0.1, 0.15) is 0 Å². The van der Waals surface area contributed by atoms with Gasteiger partial charge in [-0.3, -0.25) is 9.59 Å². The summed E-state index contributed by atoms with van der Waals surface area (Å²) in [6.45, 7) is 5.95. The van der Waals surface area contributed by atoms with Crippen LogP contribution in [0.4, 0.5) is 0 Å². The molecule has 4 aliphatic carbocycles. The zero-order chi connectivity index (χ0) is 15.0. The maximum atomic E-state index is 12.0. The predicted octanol–water partition coefficient (Wildman–Crippen LogP) is 2.01. The minimum Gasteiger partial charge on any atom is -0.345 e. The van der Waals surface area contributed by atoms with Crippen LogP contribution in [0.15, 0.2) is 12.7 Å². The molecular weight excluding hydrogens is 264 g/mol. The molecule has 4 saturated carbocycles. The molecule has 0 aromatic heterocycles. The Hall–Kier alpha value is -1.32. The van der Waals surface area contributed by atoms with Crippen molar-refractivity contribution in [2.75, 3.05) is 6.54 Å². The van der Waals surface area contributed by atoms with Crippen molar-refractivity contribution < 1.29 is 9.59 Å². The molecule has 1 unspecified atom stereocenters. The van der Waals surface area contributed by atoms with E-state index >= 15 is 0 Å². The van der Waals surface area contributed by atoms with Crippen molar-refractivity contribution in [3.63, 3.8) is 0 Å². The summed E-state index contributed by atoms with van der Waals surface area (Å²) in [6, 6.07) is 0.0906. The molecule has 0 aromatic carbocycles. The van der Waals surface area contributed by atoms with Gasteiger partial charge in [0, 0.05) is 12.6 Å². The lowest BCUT2D eigenvalue weighted by Gasteiger charge is -2.59. The molecule has 0 saturated heterocycles. The van der Waals surface area contributed by atoms with E-state index in [4.69, 9.17) is 0 Å². The van der Waals surface area contributed by atoms with Gasteiger partial charge < -0.3 is 10.6 Å². The second-order valence-corrected chi connectivity index (χ2v) is 7.47. The van der Waals surface area contributed by atoms with Gasteiger partial charge in [-0.1, -0.05) is 6.08 Å². The summed E-state index contributed by atoms with van der Waals surface area (Å²) < 4.78 is 0. The molecule has 4 nitrogen and oxygen atoms in total. The van der Waals surface area contributed by atoms with Gasteiger partial charge in [-0.2, -0.15) is 0 Å². The van der Waals surface area contributed by atoms with Gasteiger partial charge >= 0.3 is 11.8 Å². The van der Waals surface area contributed by atoms with Gasteiger partial charge in [0.15, 0.2) is 0 Å². The van der Waals surface area contributed by atoms with Crippen molar-refractivity contribution in [3.05, 3.63) is 12.7 Å². The molecular formula is C17H26N2O2. The molecule has 1 atom stereocenters. The van der Waals surface area contributed by atoms with Crippen LogP contribution < -0.4 is 10.6 Å². The maximum absolute atomic E-state index is 12.0. The van der Waals surface area contributed by atoms with Crippen LogP contribution in [0.5, 0.6) is 0 Å². The van der Waals surface area contributed by atoms with Gasteiger partial charge in [0.05, 0.1) is 0 Å². The summed E-state index contributed by atoms with van der Waals surface area (Å²) in [5.41, 5.74) is 0.239. The fourth-order valence-corrected chi connectivity index (χ4v) is 5.37. The van der Waals surface area contributed by atoms with Crippen molar-refractivity contribution in [1.29, 1.82) is 0 Å². The van der Waals surface area contributed by atoms with Crippen LogP contribution in [-0.4, -0.2) is 24.4 Å². The molecule has 4 aliphatic rings. The van der Waals surface area contributed by atoms with E-state index in [0.29, 0.717) is 6.54 Å². The number of carbonyl (C=O) groups excluding carboxylic acids is 2. The van der Waals surface area contributed by atoms with Gasteiger partial charge in [0.25, 0.3) is 0 Å². The molecule has 116 valence electrons. The highest BCUT2D eigenvalue weighted by molar-refractivity contribution is 6.35. The first-order chi connectivity index (χ1) is 10.0. The Bertz CT molecular complexity index is 422. The summed E-state index contributed by atoms with van der Waals surface area (Å²) in [5, 5.41) is 5.50. The normalized spacial score (nSPS) is 37.9. The summed E-state index contributed by atoms with van der Waals surface area (Å²) in [7, 11) is 0. The third kappa shape index (κ3) is 2.72. The second kappa shape index (κ2) is 5.47. The summed E-state index contributed by atoms with van der Waals surface area (Å²) in [6.07, 6.45) is 9.44. The molecule has 21 heavy (non-hydrogen) atoms. The van der Waals surface area contributed by atoms with Crippen LogP contribution in [0.25, 0.3) is 0 Å². The first-order valence-corrected chi connectivity index (χ1v) is 8.22. The fraction of sp³-hybridized carbons (Fsp3) is 0.765. The Kier molecular flexibility index (Phi) is 3.80. The Labute approximate surface area is 126 Å². The van der Waals surface area contributed by atoms with Crippen LogP contribution in [0.1, 0.15) is 45.4 Å². The van der Waals surface area contributed by atoms with Gasteiger partial charge in [0.2, 0.25) is 0 Å². The highest BCUT2D eigenvalue weighted by Crippen LogP contribution is 2.61. The Balaban J connectivity index is 1.62. The molecule has 2 N–H and O–H groups in total. The lowest BCUT2D eigenvalue weighted by Crippen LogP contribution is -2.57. The number of carbonyl (C=O) groups is 2. The Morgan fingerprint density at radius 2 is 1.67 bits per heavy atom. The molecule has 4 bridgehead atoms. The second-order valence-electron chi connectivity index (χ2n) is 7.47. The molecule has 4 fully saturated rings. The average molecular weight is 290 g/mol. The van der Waals surface area contributed by atoms with Crippen molar-refractivity contribution in [2.45, 2.75) is 51.5 Å². The van der Waals surface area contributed by atoms with Crippen molar-refractivity contribution in [2.24, 2.45) is 23.2 Å². The summed E-state index contributed by atoms with van der Waals surface area (Å²) in [5.74, 6) is 1.51. The fourth-order valence-electron chi connectivity index (χ4n) is 5.37. The monoisotopic (exact) mass is 290 g/mol. The molecule has 4 heteroatoms. The largest absolute Gasteiger partial charge is 0.345 e. The molecule has 0 heterocycles. The number of hydrogen-bond donors (Lipinski definition) is 2. The van der Waals surface area contributed by atoms with E-state index in [1.54, 1.807) is 6.08 Å². The van der Waals surface area contributed by atoms with E-state index in [2.05, 4.69) is 24.1 Å². The Morgan fingerprint density at radius 3 is 2.14 bits per heavy atom. The lowest BCUT2D eigenvalue weighted by atomic mass is 9.48. The molecule has 0 spiro atoms. The topological polar surface area (TPSA) is 58.2 Å². The van der Waals surface area contributed by atoms with Crippen molar-refractivity contribution in [3.8, 4) is 0 Å². The maximum Gasteiger partial charge on any atom is 0.309 e. The first kappa shape index (κ1) is 14.6. The van der Waals surface area contributed by atoms with Crippen LogP contribution >= 0.6 is 0 Å². The molecule has 0 radical (unpaired) electrons. The van der Waals surface area contributed by atoms with E-state index in [1.807, 2.05) is 0 Å². The van der Waals surface area contributed by atoms with E-state index in [0.717, 1.165) is 17.8 Å². The zero-order valence-corrected chi connectivity index (χ0v) is 12.9. The van der Waals surface area contributed by atoms with Gasteiger partial charge in [-0.05, 0) is 68.6 Å². The smallest absolute Gasteiger partial charge is 0.309 e. The quantitative estimate of drug-likeness (QED) is 0.614. The highest BCUT2D eigenvalue weighted by Gasteiger charge is 2.53. The molecule has 2 amide bonds. The Morgan fingerprint density at radius 1 is 1.14 bits per heavy atom. The molecule has 0 aliphatic heterocycles. The standard InChI is InChI=1S/C17H26N2O2/c1-3-4-18-15(20)16(21)19-11(2)17-8-12-5-13(9-17)7-14(6-12)10-17/h3,11-14H,1,4-10H2,2H3,(H,18,20)(H,19,21). The van der Waals surface area contributed by atoms with Gasteiger partial charge in [-0.15, -0.1) is 6.58 Å². The average Bonchev–Trinajstić information content (AvgIpc) is 2.43. The predicted molar refractivity (Wildman–Crippen MR) is 81.4 cm³/mol. The molecule has 4 rings (SSSR count). The lowest BCUT2D eigenvalue weighted by molar-refractivity contribution is -0.141. The SMILES string of the molecule is C=CCNC(=O)C(=O)NC(C)C12CC3CC(CC(C3)C1)C2. The molecule has 0 aromatic rings. The minimum absolute atomic E-state index is 0.0906. The van der Waals surface area contributed by atoms with Crippen LogP contribution in [0.2, 0.25) is 0 Å². The van der Waals surface area contributed by atoms with Gasteiger partial charge in [-0.25, -0.2) is 0 Å². The third-order valence-corrected chi connectivity index (χ3v) is 5.96. The van der Waals surface area contributed by atoms with E-state index in [1.165, 1.54) is 38.5 Å². The van der Waals surface area contributed by atoms with Crippen molar-refractivity contribution >= 4 is 11.8 Å². The number of nitrogens with one attached hydrogen (secondary N) is 2. The summed E-state index contributed by atoms with van der Waals surface area (Å²) >= 11 is 0. The third-order valence-electron chi connectivity index (χ3n) is 5.96. The van der Waals surface area contributed by atoms with E-state index < -0.39 is 11.8 Å². The van der Waals surface area contributed by atoms with Crippen LogP contribution in [0.3, 0.4) is 0 Å². The minimum atomic E-state index is -0.550. The first-order valence-electron chi connectivity index (χ1n) is 8.22. The van der Waals surface area contributed by atoms with Crippen LogP contribution in [-0.2, 0) is 9.59 Å². The summed E-state index contributed by atoms with van der Waals surface area (Å²) in [4.78, 5) is 23.7. The highest BCUT2D eigenvalue weighted by atomic mass is 16.2. The zero-order valence-electron chi connectivity index (χ0n) is 12.9.